The first kappa shape index (κ1) is 12.2. The third-order valence-electron chi connectivity index (χ3n) is 2.00. The van der Waals surface area contributed by atoms with Crippen LogP contribution in [0.15, 0.2) is 17.7 Å². The summed E-state index contributed by atoms with van der Waals surface area (Å²) >= 11 is 0. The third-order valence-corrected chi connectivity index (χ3v) is 2.00. The van der Waals surface area contributed by atoms with Crippen molar-refractivity contribution < 1.29 is 10.0 Å². The van der Waals surface area contributed by atoms with E-state index >= 15 is 0 Å². The Hall–Kier alpha value is -2.86. The molecule has 0 bridgehead atoms. The summed E-state index contributed by atoms with van der Waals surface area (Å²) in [5.41, 5.74) is -0.0579. The Balaban J connectivity index is 3.47. The van der Waals surface area contributed by atoms with Gasteiger partial charge in [0, 0.05) is 11.6 Å². The molecule has 1 aromatic rings. The number of nitrogens with zero attached hydrogens (tertiary/aromatic N) is 3. The van der Waals surface area contributed by atoms with Crippen molar-refractivity contribution in [3.05, 3.63) is 38.9 Å². The second-order valence-electron chi connectivity index (χ2n) is 3.26. The number of phenols is 1. The molecule has 0 amide bonds. The summed E-state index contributed by atoms with van der Waals surface area (Å²) in [6.07, 6.45) is 1.11. The maximum Gasteiger partial charge on any atom is 0.311 e. The van der Waals surface area contributed by atoms with Gasteiger partial charge in [-0.2, -0.15) is 10.5 Å². The molecule has 0 atom stereocenters. The highest BCUT2D eigenvalue weighted by Gasteiger charge is 2.17. The van der Waals surface area contributed by atoms with Crippen molar-refractivity contribution in [1.29, 1.82) is 10.5 Å². The van der Waals surface area contributed by atoms with E-state index < -0.39 is 16.4 Å². The van der Waals surface area contributed by atoms with Crippen LogP contribution >= 0.6 is 0 Å². The zero-order chi connectivity index (χ0) is 13.0. The molecule has 0 saturated carbocycles. The highest BCUT2D eigenvalue weighted by molar-refractivity contribution is 5.70. The fourth-order valence-electron chi connectivity index (χ4n) is 1.28. The van der Waals surface area contributed by atoms with Crippen molar-refractivity contribution in [3.8, 4) is 17.9 Å². The maximum absolute atomic E-state index is 10.6. The van der Waals surface area contributed by atoms with Crippen LogP contribution in [0.4, 0.5) is 5.69 Å². The molecule has 0 aliphatic rings. The van der Waals surface area contributed by atoms with Crippen molar-refractivity contribution in [3.63, 3.8) is 0 Å². The van der Waals surface area contributed by atoms with Crippen LogP contribution in [0.1, 0.15) is 11.1 Å². The summed E-state index contributed by atoms with van der Waals surface area (Å²) in [5.74, 6) is -0.552. The molecule has 0 aliphatic carbocycles. The van der Waals surface area contributed by atoms with Gasteiger partial charge in [0.25, 0.3) is 0 Å². The monoisotopic (exact) mass is 229 g/mol. The summed E-state index contributed by atoms with van der Waals surface area (Å²) < 4.78 is 0. The van der Waals surface area contributed by atoms with Gasteiger partial charge in [0.05, 0.1) is 4.92 Å². The van der Waals surface area contributed by atoms with E-state index in [0.717, 1.165) is 6.08 Å². The Morgan fingerprint density at radius 3 is 2.53 bits per heavy atom. The summed E-state index contributed by atoms with van der Waals surface area (Å²) in [5, 5.41) is 37.4. The van der Waals surface area contributed by atoms with Crippen LogP contribution in [-0.4, -0.2) is 10.0 Å². The lowest BCUT2D eigenvalue weighted by Gasteiger charge is -2.02. The first-order valence-corrected chi connectivity index (χ1v) is 4.49. The zero-order valence-electron chi connectivity index (χ0n) is 8.84. The molecule has 0 aliphatic heterocycles. The SMILES string of the molecule is Cc1cc(C=C(C#N)C#N)c(O)c([N+](=O)[O-])c1. The molecule has 6 heteroatoms. The lowest BCUT2D eigenvalue weighted by atomic mass is 10.1. The summed E-state index contributed by atoms with van der Waals surface area (Å²) in [4.78, 5) is 9.92. The number of nitro groups is 1. The lowest BCUT2D eigenvalue weighted by Crippen LogP contribution is -1.92. The fraction of sp³-hybridized carbons (Fsp3) is 0.0909. The van der Waals surface area contributed by atoms with Crippen LogP contribution in [0, 0.1) is 39.7 Å². The van der Waals surface area contributed by atoms with Gasteiger partial charge >= 0.3 is 5.69 Å². The van der Waals surface area contributed by atoms with Crippen LogP contribution in [0.5, 0.6) is 5.75 Å². The number of phenolic OH excluding ortho intramolecular Hbond substituents is 1. The standard InChI is InChI=1S/C11H7N3O3/c1-7-2-9(4-8(5-12)6-13)11(15)10(3-7)14(16)17/h2-4,15H,1H3. The molecule has 0 heterocycles. The van der Waals surface area contributed by atoms with Gasteiger partial charge in [-0.25, -0.2) is 0 Å². The zero-order valence-corrected chi connectivity index (χ0v) is 8.84. The van der Waals surface area contributed by atoms with Crippen LogP contribution in [0.2, 0.25) is 0 Å². The molecule has 17 heavy (non-hydrogen) atoms. The maximum atomic E-state index is 10.6. The number of hydrogen-bond donors (Lipinski definition) is 1. The average molecular weight is 229 g/mol. The Morgan fingerprint density at radius 2 is 2.06 bits per heavy atom. The molecule has 0 unspecified atom stereocenters. The summed E-state index contributed by atoms with van der Waals surface area (Å²) in [6.45, 7) is 1.61. The Bertz CT molecular complexity index is 575. The molecule has 1 aromatic carbocycles. The highest BCUT2D eigenvalue weighted by Crippen LogP contribution is 2.32. The van der Waals surface area contributed by atoms with Crippen LogP contribution in [0.25, 0.3) is 6.08 Å². The van der Waals surface area contributed by atoms with E-state index in [1.54, 1.807) is 19.1 Å². The molecule has 0 aromatic heterocycles. The van der Waals surface area contributed by atoms with Crippen molar-refractivity contribution in [2.75, 3.05) is 0 Å². The van der Waals surface area contributed by atoms with Gasteiger partial charge in [-0.3, -0.25) is 10.1 Å². The van der Waals surface area contributed by atoms with E-state index in [1.807, 2.05) is 0 Å². The van der Waals surface area contributed by atoms with E-state index in [1.165, 1.54) is 12.1 Å². The van der Waals surface area contributed by atoms with Gasteiger partial charge < -0.3 is 5.11 Å². The van der Waals surface area contributed by atoms with E-state index in [0.29, 0.717) is 5.56 Å². The second-order valence-corrected chi connectivity index (χ2v) is 3.26. The van der Waals surface area contributed by atoms with Gasteiger partial charge in [-0.15, -0.1) is 0 Å². The number of rotatable bonds is 2. The minimum Gasteiger partial charge on any atom is -0.502 e. The van der Waals surface area contributed by atoms with Gasteiger partial charge in [-0.05, 0) is 24.6 Å². The number of allylic oxidation sites excluding steroid dienone is 1. The number of benzene rings is 1. The minimum atomic E-state index is -0.724. The van der Waals surface area contributed by atoms with Crippen LogP contribution < -0.4 is 0 Å². The van der Waals surface area contributed by atoms with E-state index in [-0.39, 0.29) is 11.1 Å². The molecule has 0 fully saturated rings. The summed E-state index contributed by atoms with van der Waals surface area (Å²) in [6, 6.07) is 5.90. The quantitative estimate of drug-likeness (QED) is 0.473. The molecule has 84 valence electrons. The predicted molar refractivity (Wildman–Crippen MR) is 58.7 cm³/mol. The van der Waals surface area contributed by atoms with Crippen molar-refractivity contribution in [2.45, 2.75) is 6.92 Å². The minimum absolute atomic E-state index is 0.0785. The Kier molecular flexibility index (Phi) is 3.43. The molecule has 0 saturated heterocycles. The Morgan fingerprint density at radius 1 is 1.47 bits per heavy atom. The molecule has 6 nitrogen and oxygen atoms in total. The van der Waals surface area contributed by atoms with Crippen LogP contribution in [-0.2, 0) is 0 Å². The number of nitriles is 2. The van der Waals surface area contributed by atoms with E-state index in [2.05, 4.69) is 0 Å². The second kappa shape index (κ2) is 4.77. The van der Waals surface area contributed by atoms with Gasteiger partial charge in [0.2, 0.25) is 5.75 Å². The molecule has 1 N–H and O–H groups in total. The molecule has 1 rings (SSSR count). The van der Waals surface area contributed by atoms with Gasteiger partial charge in [0.1, 0.15) is 17.7 Å². The number of aryl methyl sites for hydroxylation is 1. The lowest BCUT2D eigenvalue weighted by molar-refractivity contribution is -0.385. The third kappa shape index (κ3) is 2.58. The number of aromatic hydroxyl groups is 1. The highest BCUT2D eigenvalue weighted by atomic mass is 16.6. The van der Waals surface area contributed by atoms with Crippen molar-refractivity contribution >= 4 is 11.8 Å². The number of hydrogen-bond acceptors (Lipinski definition) is 5. The Labute approximate surface area is 96.8 Å². The summed E-state index contributed by atoms with van der Waals surface area (Å²) in [7, 11) is 0. The van der Waals surface area contributed by atoms with Gasteiger partial charge in [-0.1, -0.05) is 0 Å². The normalized spacial score (nSPS) is 8.88. The predicted octanol–water partition coefficient (Wildman–Crippen LogP) is 2.04. The first-order chi connectivity index (χ1) is 7.99. The van der Waals surface area contributed by atoms with E-state index in [4.69, 9.17) is 10.5 Å². The average Bonchev–Trinajstić information content (AvgIpc) is 2.29. The number of nitro benzene ring substituents is 1. The molecular formula is C11H7N3O3. The van der Waals surface area contributed by atoms with Crippen molar-refractivity contribution in [2.24, 2.45) is 0 Å². The molecule has 0 radical (unpaired) electrons. The van der Waals surface area contributed by atoms with Crippen molar-refractivity contribution in [1.82, 2.24) is 0 Å². The molecular weight excluding hydrogens is 222 g/mol. The van der Waals surface area contributed by atoms with Crippen LogP contribution in [0.3, 0.4) is 0 Å². The van der Waals surface area contributed by atoms with E-state index in [9.17, 15) is 15.2 Å². The molecule has 0 spiro atoms. The largest absolute Gasteiger partial charge is 0.502 e. The van der Waals surface area contributed by atoms with Gasteiger partial charge in [0.15, 0.2) is 0 Å². The first-order valence-electron chi connectivity index (χ1n) is 4.49. The smallest absolute Gasteiger partial charge is 0.311 e. The fourth-order valence-corrected chi connectivity index (χ4v) is 1.28. The topological polar surface area (TPSA) is 111 Å².